The van der Waals surface area contributed by atoms with Crippen molar-refractivity contribution in [1.29, 1.82) is 0 Å². The van der Waals surface area contributed by atoms with E-state index < -0.39 is 0 Å². The highest BCUT2D eigenvalue weighted by Crippen LogP contribution is 2.18. The van der Waals surface area contributed by atoms with Gasteiger partial charge in [0.05, 0.1) is 18.6 Å². The molecule has 0 spiro atoms. The fourth-order valence-corrected chi connectivity index (χ4v) is 2.15. The van der Waals surface area contributed by atoms with Crippen molar-refractivity contribution in [2.45, 2.75) is 27.3 Å². The Balaban J connectivity index is 2.34. The van der Waals surface area contributed by atoms with Crippen LogP contribution in [0.25, 0.3) is 0 Å². The Labute approximate surface area is 111 Å². The lowest BCUT2D eigenvalue weighted by molar-refractivity contribution is 0.102. The summed E-state index contributed by atoms with van der Waals surface area (Å²) in [4.78, 5) is 15.8. The van der Waals surface area contributed by atoms with Gasteiger partial charge in [-0.3, -0.25) is 4.79 Å². The molecule has 0 aromatic carbocycles. The fraction of sp³-hybridized carbons (Fsp3) is 0.385. The second-order valence-electron chi connectivity index (χ2n) is 4.29. The van der Waals surface area contributed by atoms with E-state index in [0.717, 1.165) is 17.1 Å². The summed E-state index contributed by atoms with van der Waals surface area (Å²) in [6, 6.07) is 1.86. The molecule has 0 bridgehead atoms. The van der Waals surface area contributed by atoms with Gasteiger partial charge in [0.15, 0.2) is 5.78 Å². The van der Waals surface area contributed by atoms with E-state index in [4.69, 9.17) is 16.0 Å². The van der Waals surface area contributed by atoms with Gasteiger partial charge < -0.3 is 8.98 Å². The quantitative estimate of drug-likeness (QED) is 0.631. The third kappa shape index (κ3) is 2.34. The number of hydrogen-bond acceptors (Lipinski definition) is 3. The van der Waals surface area contributed by atoms with Crippen molar-refractivity contribution in [3.63, 3.8) is 0 Å². The van der Waals surface area contributed by atoms with Crippen molar-refractivity contribution in [1.82, 2.24) is 9.55 Å². The maximum atomic E-state index is 11.7. The van der Waals surface area contributed by atoms with Crippen molar-refractivity contribution in [3.8, 4) is 0 Å². The molecule has 0 amide bonds. The van der Waals surface area contributed by atoms with Crippen molar-refractivity contribution in [2.24, 2.45) is 0 Å². The third-order valence-electron chi connectivity index (χ3n) is 2.96. The summed E-state index contributed by atoms with van der Waals surface area (Å²) in [5.41, 5.74) is 2.57. The molecule has 2 heterocycles. The first-order chi connectivity index (χ1) is 8.52. The minimum Gasteiger partial charge on any atom is -0.444 e. The van der Waals surface area contributed by atoms with Crippen molar-refractivity contribution in [2.75, 3.05) is 5.88 Å². The number of halogens is 1. The average molecular weight is 267 g/mol. The molecule has 0 aliphatic heterocycles. The Kier molecular flexibility index (Phi) is 3.57. The van der Waals surface area contributed by atoms with Crippen LogP contribution in [0.5, 0.6) is 0 Å². The number of hydrogen-bond donors (Lipinski definition) is 0. The topological polar surface area (TPSA) is 48.0 Å². The maximum Gasteiger partial charge on any atom is 0.214 e. The van der Waals surface area contributed by atoms with E-state index in [1.54, 1.807) is 6.20 Å². The monoisotopic (exact) mass is 266 g/mol. The van der Waals surface area contributed by atoms with Gasteiger partial charge in [0.1, 0.15) is 5.76 Å². The minimum atomic E-state index is -0.0559. The number of aromatic nitrogens is 2. The maximum absolute atomic E-state index is 11.7. The van der Waals surface area contributed by atoms with Gasteiger partial charge in [-0.2, -0.15) is 0 Å². The number of carbonyl (C=O) groups excluding carboxylic acids is 1. The Morgan fingerprint density at radius 2 is 2.17 bits per heavy atom. The van der Waals surface area contributed by atoms with Gasteiger partial charge in [0, 0.05) is 17.0 Å². The Hall–Kier alpha value is -1.55. The molecule has 96 valence electrons. The zero-order valence-electron chi connectivity index (χ0n) is 10.7. The van der Waals surface area contributed by atoms with E-state index in [2.05, 4.69) is 4.98 Å². The molecule has 2 aromatic rings. The molecule has 4 nitrogen and oxygen atoms in total. The van der Waals surface area contributed by atoms with Crippen LogP contribution in [-0.2, 0) is 6.54 Å². The van der Waals surface area contributed by atoms with Crippen LogP contribution in [0.1, 0.15) is 33.4 Å². The fourth-order valence-electron chi connectivity index (χ4n) is 2.01. The molecule has 0 fully saturated rings. The van der Waals surface area contributed by atoms with Crippen LogP contribution in [0.15, 0.2) is 16.7 Å². The average Bonchev–Trinajstić information content (AvgIpc) is 2.87. The molecular formula is C13H15ClN2O2. The highest BCUT2D eigenvalue weighted by atomic mass is 35.5. The highest BCUT2D eigenvalue weighted by Gasteiger charge is 2.16. The summed E-state index contributed by atoms with van der Waals surface area (Å²) in [5, 5.41) is 0. The van der Waals surface area contributed by atoms with Crippen LogP contribution < -0.4 is 0 Å². The molecular weight excluding hydrogens is 252 g/mol. The standard InChI is InChI=1S/C13H15ClN2O2/c1-8-4-11(12(17)5-14)10(3)16(8)7-13-15-6-9(2)18-13/h4,6H,5,7H2,1-3H3. The van der Waals surface area contributed by atoms with Crippen LogP contribution in [0, 0.1) is 20.8 Å². The van der Waals surface area contributed by atoms with Crippen molar-refractivity contribution in [3.05, 3.63) is 40.9 Å². The van der Waals surface area contributed by atoms with E-state index >= 15 is 0 Å². The normalized spacial score (nSPS) is 10.9. The van der Waals surface area contributed by atoms with E-state index in [0.29, 0.717) is 18.0 Å². The zero-order valence-corrected chi connectivity index (χ0v) is 11.4. The molecule has 2 rings (SSSR count). The number of carbonyl (C=O) groups is 1. The van der Waals surface area contributed by atoms with Gasteiger partial charge in [-0.1, -0.05) is 0 Å². The van der Waals surface area contributed by atoms with Gasteiger partial charge in [0.25, 0.3) is 0 Å². The number of rotatable bonds is 4. The van der Waals surface area contributed by atoms with Crippen LogP contribution in [0.2, 0.25) is 0 Å². The molecule has 0 N–H and O–H groups in total. The summed E-state index contributed by atoms with van der Waals surface area (Å²) >= 11 is 5.59. The number of alkyl halides is 1. The predicted molar refractivity (Wildman–Crippen MR) is 69.3 cm³/mol. The molecule has 18 heavy (non-hydrogen) atoms. The van der Waals surface area contributed by atoms with Crippen LogP contribution in [0.4, 0.5) is 0 Å². The molecule has 5 heteroatoms. The van der Waals surface area contributed by atoms with E-state index in [-0.39, 0.29) is 11.7 Å². The number of Topliss-reactive ketones (excluding diaryl/α,β-unsaturated/α-hetero) is 1. The largest absolute Gasteiger partial charge is 0.444 e. The highest BCUT2D eigenvalue weighted by molar-refractivity contribution is 6.30. The Morgan fingerprint density at radius 1 is 1.44 bits per heavy atom. The lowest BCUT2D eigenvalue weighted by Gasteiger charge is -2.06. The molecule has 0 unspecified atom stereocenters. The molecule has 0 aliphatic carbocycles. The van der Waals surface area contributed by atoms with E-state index in [9.17, 15) is 4.79 Å². The summed E-state index contributed by atoms with van der Waals surface area (Å²) in [6.07, 6.45) is 1.69. The molecule has 0 radical (unpaired) electrons. The number of nitrogens with zero attached hydrogens (tertiary/aromatic N) is 2. The zero-order chi connectivity index (χ0) is 13.3. The molecule has 2 aromatic heterocycles. The predicted octanol–water partition coefficient (Wildman–Crippen LogP) is 2.87. The van der Waals surface area contributed by atoms with Crippen LogP contribution in [0.3, 0.4) is 0 Å². The summed E-state index contributed by atoms with van der Waals surface area (Å²) < 4.78 is 7.46. The Morgan fingerprint density at radius 3 is 2.72 bits per heavy atom. The number of aryl methyl sites for hydroxylation is 2. The first kappa shape index (κ1) is 12.9. The second-order valence-corrected chi connectivity index (χ2v) is 4.56. The van der Waals surface area contributed by atoms with Gasteiger partial charge in [0.2, 0.25) is 5.89 Å². The van der Waals surface area contributed by atoms with Gasteiger partial charge in [-0.15, -0.1) is 11.6 Å². The third-order valence-corrected chi connectivity index (χ3v) is 3.20. The summed E-state index contributed by atoms with van der Waals surface area (Å²) in [5.74, 6) is 1.37. The first-order valence-corrected chi connectivity index (χ1v) is 6.23. The Bertz CT molecular complexity index is 584. The SMILES string of the molecule is Cc1cnc(Cn2c(C)cc(C(=O)CCl)c2C)o1. The van der Waals surface area contributed by atoms with Crippen LogP contribution >= 0.6 is 11.6 Å². The van der Waals surface area contributed by atoms with Crippen molar-refractivity contribution < 1.29 is 9.21 Å². The summed E-state index contributed by atoms with van der Waals surface area (Å²) in [6.45, 7) is 6.24. The van der Waals surface area contributed by atoms with Crippen LogP contribution in [-0.4, -0.2) is 21.2 Å². The molecule has 0 atom stereocenters. The van der Waals surface area contributed by atoms with Gasteiger partial charge in [-0.05, 0) is 26.8 Å². The number of ketones is 1. The van der Waals surface area contributed by atoms with E-state index in [1.807, 2.05) is 31.4 Å². The molecule has 0 aliphatic rings. The van der Waals surface area contributed by atoms with E-state index in [1.165, 1.54) is 0 Å². The lowest BCUT2D eigenvalue weighted by atomic mass is 10.2. The smallest absolute Gasteiger partial charge is 0.214 e. The second kappa shape index (κ2) is 4.98. The summed E-state index contributed by atoms with van der Waals surface area (Å²) in [7, 11) is 0. The van der Waals surface area contributed by atoms with Gasteiger partial charge in [-0.25, -0.2) is 4.98 Å². The first-order valence-electron chi connectivity index (χ1n) is 5.70. The van der Waals surface area contributed by atoms with Gasteiger partial charge >= 0.3 is 0 Å². The molecule has 0 saturated heterocycles. The number of oxazole rings is 1. The van der Waals surface area contributed by atoms with Crippen molar-refractivity contribution >= 4 is 17.4 Å². The molecule has 0 saturated carbocycles. The lowest BCUT2D eigenvalue weighted by Crippen LogP contribution is -2.07. The minimum absolute atomic E-state index is 0.00238.